The first-order valence-electron chi connectivity index (χ1n) is 6.38. The van der Waals surface area contributed by atoms with Crippen LogP contribution in [-0.4, -0.2) is 35.0 Å². The molecule has 4 nitrogen and oxygen atoms in total. The second-order valence-electron chi connectivity index (χ2n) is 5.26. The third kappa shape index (κ3) is 1.47. The first-order chi connectivity index (χ1) is 8.24. The molecule has 1 aliphatic heterocycles. The molecule has 17 heavy (non-hydrogen) atoms. The number of imide groups is 1. The Hall–Kier alpha value is -1.16. The van der Waals surface area contributed by atoms with Gasteiger partial charge in [-0.15, -0.1) is 0 Å². The third-order valence-electron chi connectivity index (χ3n) is 4.35. The van der Waals surface area contributed by atoms with Crippen LogP contribution in [0, 0.1) is 23.7 Å². The molecule has 3 aliphatic rings. The Morgan fingerprint density at radius 2 is 1.71 bits per heavy atom. The van der Waals surface area contributed by atoms with Crippen LogP contribution < -0.4 is 0 Å². The molecule has 2 aliphatic carbocycles. The molecule has 2 amide bonds. The zero-order valence-electron chi connectivity index (χ0n) is 9.71. The standard InChI is InChI=1S/C13H17NO3/c15-6-2-1-5-14-12(16)10-8-3-4-9(7-8)11(10)13(14)17/h3-4,8-11,15H,1-2,5-7H2/t8?,9?,10-,11+. The number of likely N-dealkylation sites (tertiary alicyclic amines) is 1. The highest BCUT2D eigenvalue weighted by Crippen LogP contribution is 2.52. The highest BCUT2D eigenvalue weighted by atomic mass is 16.3. The molecule has 92 valence electrons. The van der Waals surface area contributed by atoms with Crippen molar-refractivity contribution in [2.45, 2.75) is 19.3 Å². The Balaban J connectivity index is 1.74. The number of aliphatic hydroxyl groups is 1. The fraction of sp³-hybridized carbons (Fsp3) is 0.692. The van der Waals surface area contributed by atoms with Gasteiger partial charge in [0.1, 0.15) is 0 Å². The molecule has 1 saturated heterocycles. The summed E-state index contributed by atoms with van der Waals surface area (Å²) in [7, 11) is 0. The van der Waals surface area contributed by atoms with E-state index in [0.29, 0.717) is 31.2 Å². The number of allylic oxidation sites excluding steroid dienone is 2. The van der Waals surface area contributed by atoms with Crippen molar-refractivity contribution in [3.63, 3.8) is 0 Å². The normalized spacial score (nSPS) is 38.3. The number of carbonyl (C=O) groups is 2. The quantitative estimate of drug-likeness (QED) is 0.440. The average Bonchev–Trinajstić information content (AvgIpc) is 2.97. The van der Waals surface area contributed by atoms with Crippen molar-refractivity contribution in [3.05, 3.63) is 12.2 Å². The van der Waals surface area contributed by atoms with E-state index < -0.39 is 0 Å². The molecule has 2 bridgehead atoms. The van der Waals surface area contributed by atoms with Gasteiger partial charge >= 0.3 is 0 Å². The molecule has 0 radical (unpaired) electrons. The molecule has 0 aromatic heterocycles. The van der Waals surface area contributed by atoms with E-state index >= 15 is 0 Å². The number of rotatable bonds is 4. The number of fused-ring (bicyclic) bond motifs is 5. The van der Waals surface area contributed by atoms with Gasteiger partial charge in [-0.1, -0.05) is 12.2 Å². The Labute approximate surface area is 100 Å². The van der Waals surface area contributed by atoms with Gasteiger partial charge in [-0.2, -0.15) is 0 Å². The molecule has 1 heterocycles. The summed E-state index contributed by atoms with van der Waals surface area (Å²) >= 11 is 0. The van der Waals surface area contributed by atoms with Gasteiger partial charge in [0.2, 0.25) is 11.8 Å². The fourth-order valence-electron chi connectivity index (χ4n) is 3.57. The Kier molecular flexibility index (Phi) is 2.54. The van der Waals surface area contributed by atoms with Crippen molar-refractivity contribution in [2.75, 3.05) is 13.2 Å². The van der Waals surface area contributed by atoms with Crippen molar-refractivity contribution < 1.29 is 14.7 Å². The van der Waals surface area contributed by atoms with Crippen LogP contribution in [0.4, 0.5) is 0 Å². The number of carbonyl (C=O) groups excluding carboxylic acids is 2. The maximum absolute atomic E-state index is 12.2. The smallest absolute Gasteiger partial charge is 0.233 e. The van der Waals surface area contributed by atoms with E-state index in [1.165, 1.54) is 4.90 Å². The lowest BCUT2D eigenvalue weighted by Gasteiger charge is -2.16. The third-order valence-corrected chi connectivity index (χ3v) is 4.35. The molecule has 1 N–H and O–H groups in total. The van der Waals surface area contributed by atoms with Gasteiger partial charge in [-0.3, -0.25) is 14.5 Å². The van der Waals surface area contributed by atoms with E-state index in [2.05, 4.69) is 12.2 Å². The van der Waals surface area contributed by atoms with E-state index in [4.69, 9.17) is 5.11 Å². The largest absolute Gasteiger partial charge is 0.396 e. The summed E-state index contributed by atoms with van der Waals surface area (Å²) < 4.78 is 0. The number of amides is 2. The van der Waals surface area contributed by atoms with Crippen molar-refractivity contribution in [2.24, 2.45) is 23.7 Å². The van der Waals surface area contributed by atoms with Gasteiger partial charge in [0, 0.05) is 13.2 Å². The summed E-state index contributed by atoms with van der Waals surface area (Å²) in [5.74, 6) is 0.483. The molecule has 4 atom stereocenters. The van der Waals surface area contributed by atoms with E-state index in [1.54, 1.807) is 0 Å². The number of aliphatic hydroxyl groups excluding tert-OH is 1. The van der Waals surface area contributed by atoms with Crippen molar-refractivity contribution in [3.8, 4) is 0 Å². The molecule has 2 unspecified atom stereocenters. The number of hydrogen-bond donors (Lipinski definition) is 1. The predicted octanol–water partition coefficient (Wildman–Crippen LogP) is 0.566. The Morgan fingerprint density at radius 3 is 2.24 bits per heavy atom. The highest BCUT2D eigenvalue weighted by molar-refractivity contribution is 6.06. The second-order valence-corrected chi connectivity index (χ2v) is 5.26. The van der Waals surface area contributed by atoms with E-state index in [9.17, 15) is 9.59 Å². The number of nitrogens with zero attached hydrogens (tertiary/aromatic N) is 1. The minimum absolute atomic E-state index is 0.0230. The highest BCUT2D eigenvalue weighted by Gasteiger charge is 2.58. The van der Waals surface area contributed by atoms with Crippen molar-refractivity contribution in [1.82, 2.24) is 4.90 Å². The summed E-state index contributed by atoms with van der Waals surface area (Å²) in [6.45, 7) is 0.598. The predicted molar refractivity (Wildman–Crippen MR) is 60.8 cm³/mol. The topological polar surface area (TPSA) is 57.6 Å². The SMILES string of the molecule is O=C1[C@@H]2C3C=CC(C3)[C@@H]2C(=O)N1CCCCO. The second kappa shape index (κ2) is 3.95. The molecular formula is C13H17NO3. The first-order valence-corrected chi connectivity index (χ1v) is 6.38. The summed E-state index contributed by atoms with van der Waals surface area (Å²) in [5, 5.41) is 8.73. The van der Waals surface area contributed by atoms with E-state index in [-0.39, 0.29) is 30.3 Å². The molecule has 3 rings (SSSR count). The molecule has 0 aromatic carbocycles. The zero-order chi connectivity index (χ0) is 12.0. The summed E-state index contributed by atoms with van der Waals surface area (Å²) in [5.41, 5.74) is 0. The van der Waals surface area contributed by atoms with Crippen LogP contribution in [0.25, 0.3) is 0 Å². The van der Waals surface area contributed by atoms with Crippen LogP contribution in [-0.2, 0) is 9.59 Å². The van der Waals surface area contributed by atoms with Gasteiger partial charge in [0.05, 0.1) is 11.8 Å². The average molecular weight is 235 g/mol. The van der Waals surface area contributed by atoms with Crippen molar-refractivity contribution >= 4 is 11.8 Å². The minimum Gasteiger partial charge on any atom is -0.396 e. The van der Waals surface area contributed by atoms with E-state index in [1.807, 2.05) is 0 Å². The molecular weight excluding hydrogens is 218 g/mol. The number of unbranched alkanes of at least 4 members (excludes halogenated alkanes) is 1. The zero-order valence-corrected chi connectivity index (χ0v) is 9.71. The van der Waals surface area contributed by atoms with Gasteiger partial charge in [-0.25, -0.2) is 0 Å². The first kappa shape index (κ1) is 11.0. The Morgan fingerprint density at radius 1 is 1.12 bits per heavy atom. The maximum atomic E-state index is 12.2. The molecule has 0 spiro atoms. The molecule has 2 fully saturated rings. The molecule has 4 heteroatoms. The summed E-state index contributed by atoms with van der Waals surface area (Å²) in [6, 6.07) is 0. The van der Waals surface area contributed by atoms with Crippen molar-refractivity contribution in [1.29, 1.82) is 0 Å². The summed E-state index contributed by atoms with van der Waals surface area (Å²) in [6.07, 6.45) is 6.55. The van der Waals surface area contributed by atoms with Gasteiger partial charge in [0.25, 0.3) is 0 Å². The van der Waals surface area contributed by atoms with Gasteiger partial charge in [0.15, 0.2) is 0 Å². The maximum Gasteiger partial charge on any atom is 0.233 e. The van der Waals surface area contributed by atoms with Gasteiger partial charge in [-0.05, 0) is 31.1 Å². The minimum atomic E-state index is -0.0772. The Bertz CT molecular complexity index is 360. The van der Waals surface area contributed by atoms with Crippen LogP contribution in [0.3, 0.4) is 0 Å². The molecule has 1 saturated carbocycles. The van der Waals surface area contributed by atoms with Crippen LogP contribution in [0.5, 0.6) is 0 Å². The van der Waals surface area contributed by atoms with E-state index in [0.717, 1.165) is 6.42 Å². The monoisotopic (exact) mass is 235 g/mol. The van der Waals surface area contributed by atoms with Gasteiger partial charge < -0.3 is 5.11 Å². The lowest BCUT2D eigenvalue weighted by Crippen LogP contribution is -2.33. The van der Waals surface area contributed by atoms with Crippen LogP contribution in [0.2, 0.25) is 0 Å². The fourth-order valence-corrected chi connectivity index (χ4v) is 3.57. The summed E-state index contributed by atoms with van der Waals surface area (Å²) in [4.78, 5) is 25.8. The van der Waals surface area contributed by atoms with Crippen LogP contribution in [0.1, 0.15) is 19.3 Å². The van der Waals surface area contributed by atoms with Crippen LogP contribution in [0.15, 0.2) is 12.2 Å². The van der Waals surface area contributed by atoms with Crippen LogP contribution >= 0.6 is 0 Å². The lowest BCUT2D eigenvalue weighted by molar-refractivity contribution is -0.140. The molecule has 0 aromatic rings. The number of hydrogen-bond acceptors (Lipinski definition) is 3. The lowest BCUT2D eigenvalue weighted by atomic mass is 9.85.